The minimum absolute atomic E-state index is 0.0197. The van der Waals surface area contributed by atoms with E-state index in [0.717, 1.165) is 0 Å². The van der Waals surface area contributed by atoms with Crippen LogP contribution in [0.2, 0.25) is 0 Å². The van der Waals surface area contributed by atoms with E-state index in [-0.39, 0.29) is 22.3 Å². The topological polar surface area (TPSA) is 190 Å². The molecule has 1 heterocycles. The van der Waals surface area contributed by atoms with Crippen LogP contribution in [0.1, 0.15) is 68.8 Å². The maximum Gasteiger partial charge on any atom is 0.471 e. The molecule has 0 unspecified atom stereocenters. The Morgan fingerprint density at radius 1 is 0.980 bits per heavy atom. The van der Waals surface area contributed by atoms with Gasteiger partial charge in [0.1, 0.15) is 29.8 Å². The number of amides is 2. The monoisotopic (exact) mass is 714 g/mol. The van der Waals surface area contributed by atoms with Gasteiger partial charge in [-0.15, -0.1) is 0 Å². The molecule has 5 N–H and O–H groups in total. The summed E-state index contributed by atoms with van der Waals surface area (Å²) in [6.45, 7) is 0.790. The van der Waals surface area contributed by atoms with E-state index in [9.17, 15) is 47.7 Å². The van der Waals surface area contributed by atoms with Crippen LogP contribution < -0.4 is 10.6 Å². The molecule has 2 aliphatic carbocycles. The van der Waals surface area contributed by atoms with Crippen molar-refractivity contribution in [3.63, 3.8) is 0 Å². The van der Waals surface area contributed by atoms with Crippen LogP contribution in [0.3, 0.4) is 0 Å². The molecule has 0 bridgehead atoms. The fourth-order valence-corrected chi connectivity index (χ4v) is 6.92. The number of alkyl halides is 3. The van der Waals surface area contributed by atoms with Gasteiger partial charge in [0.25, 0.3) is 0 Å². The number of nitrogens with one attached hydrogen (secondary N) is 2. The first-order chi connectivity index (χ1) is 24.1. The van der Waals surface area contributed by atoms with E-state index in [4.69, 9.17) is 18.9 Å². The van der Waals surface area contributed by atoms with E-state index in [1.165, 1.54) is 38.3 Å². The number of hydrogen-bond acceptors (Lipinski definition) is 11. The molecule has 6 atom stereocenters. The van der Waals surface area contributed by atoms with Gasteiger partial charge in [-0.05, 0) is 19.1 Å². The predicted octanol–water partition coefficient (Wildman–Crippen LogP) is 4.05. The van der Waals surface area contributed by atoms with Crippen LogP contribution in [-0.4, -0.2) is 88.9 Å². The molecule has 16 heteroatoms. The molecule has 1 aliphatic heterocycles. The lowest BCUT2D eigenvalue weighted by molar-refractivity contribution is -0.255. The number of aromatic hydroxyl groups is 2. The Kier molecular flexibility index (Phi) is 9.54. The van der Waals surface area contributed by atoms with Gasteiger partial charge < -0.3 is 39.6 Å². The number of aliphatic hydroxyl groups is 1. The number of methoxy groups -OCH3 is 1. The summed E-state index contributed by atoms with van der Waals surface area (Å²) in [5.74, 6) is -5.20. The van der Waals surface area contributed by atoms with E-state index >= 15 is 0 Å². The molecule has 0 aromatic heterocycles. The van der Waals surface area contributed by atoms with Gasteiger partial charge in [0.15, 0.2) is 17.9 Å². The van der Waals surface area contributed by atoms with Crippen molar-refractivity contribution in [3.05, 3.63) is 88.0 Å². The van der Waals surface area contributed by atoms with Gasteiger partial charge in [-0.2, -0.15) is 13.2 Å². The van der Waals surface area contributed by atoms with Crippen LogP contribution in [-0.2, 0) is 30.2 Å². The molecule has 1 saturated heterocycles. The Labute approximate surface area is 288 Å². The van der Waals surface area contributed by atoms with Crippen molar-refractivity contribution >= 4 is 29.3 Å². The number of benzene rings is 3. The first kappa shape index (κ1) is 35.8. The van der Waals surface area contributed by atoms with Crippen LogP contribution in [0.5, 0.6) is 11.5 Å². The first-order valence-corrected chi connectivity index (χ1v) is 15.8. The van der Waals surface area contributed by atoms with Crippen molar-refractivity contribution in [3.8, 4) is 11.5 Å². The summed E-state index contributed by atoms with van der Waals surface area (Å²) in [6, 6.07) is 12.8. The lowest BCUT2D eigenvalue weighted by atomic mass is 9.73. The smallest absolute Gasteiger partial charge is 0.471 e. The Morgan fingerprint density at radius 3 is 2.20 bits per heavy atom. The first-order valence-electron chi connectivity index (χ1n) is 15.8. The van der Waals surface area contributed by atoms with Gasteiger partial charge in [-0.1, -0.05) is 42.5 Å². The molecule has 0 radical (unpaired) electrons. The maximum atomic E-state index is 13.7. The minimum atomic E-state index is -5.20. The lowest BCUT2D eigenvalue weighted by Gasteiger charge is -2.44. The molecule has 1 fully saturated rings. The molecule has 3 aromatic carbocycles. The molecular formula is C35H33F3N2O11. The van der Waals surface area contributed by atoms with Crippen LogP contribution in [0.15, 0.2) is 54.6 Å². The fourth-order valence-electron chi connectivity index (χ4n) is 6.92. The molecule has 51 heavy (non-hydrogen) atoms. The molecule has 3 aliphatic rings. The number of rotatable bonds is 7. The third-order valence-electron chi connectivity index (χ3n) is 9.18. The van der Waals surface area contributed by atoms with Crippen molar-refractivity contribution in [2.45, 2.75) is 68.6 Å². The zero-order valence-corrected chi connectivity index (χ0v) is 27.2. The number of phenols is 2. The van der Waals surface area contributed by atoms with E-state index in [1.54, 1.807) is 30.3 Å². The minimum Gasteiger partial charge on any atom is -0.507 e. The van der Waals surface area contributed by atoms with E-state index in [2.05, 4.69) is 5.32 Å². The molecular weight excluding hydrogens is 681 g/mol. The summed E-state index contributed by atoms with van der Waals surface area (Å²) in [7, 11) is 1.23. The zero-order valence-electron chi connectivity index (χ0n) is 27.2. The molecule has 3 aromatic rings. The number of anilines is 1. The Hall–Kier alpha value is -5.03. The SMILES string of the molecule is CO[C@H]1[C@@H](NC(=O)C(F)(F)F)C[C@H](O[C@H]2C[C@](O)(COC(=O)Nc3ccccc3)Cc3c(O)c4c(c(O)c32)C(=O)c2ccccc2C4=O)O[C@H]1C. The number of hydrogen-bond donors (Lipinski definition) is 5. The summed E-state index contributed by atoms with van der Waals surface area (Å²) in [6.07, 6.45) is -12.3. The molecule has 0 saturated carbocycles. The van der Waals surface area contributed by atoms with Crippen molar-refractivity contribution in [2.75, 3.05) is 19.0 Å². The number of ether oxygens (including phenoxy) is 4. The van der Waals surface area contributed by atoms with Gasteiger partial charge in [0.2, 0.25) is 0 Å². The Bertz CT molecular complexity index is 1890. The summed E-state index contributed by atoms with van der Waals surface area (Å²) >= 11 is 0. The quantitative estimate of drug-likeness (QED) is 0.174. The van der Waals surface area contributed by atoms with Crippen molar-refractivity contribution in [1.82, 2.24) is 5.32 Å². The van der Waals surface area contributed by atoms with Gasteiger partial charge in [0, 0.05) is 54.3 Å². The number of para-hydroxylation sites is 1. The second-order valence-corrected chi connectivity index (χ2v) is 12.6. The van der Waals surface area contributed by atoms with Gasteiger partial charge in [-0.25, -0.2) is 4.79 Å². The summed E-state index contributed by atoms with van der Waals surface area (Å²) in [5, 5.41) is 39.5. The number of fused-ring (bicyclic) bond motifs is 3. The van der Waals surface area contributed by atoms with Crippen LogP contribution in [0, 0.1) is 0 Å². The zero-order chi connectivity index (χ0) is 36.8. The second kappa shape index (κ2) is 13.6. The largest absolute Gasteiger partial charge is 0.507 e. The highest BCUT2D eigenvalue weighted by Gasteiger charge is 2.49. The number of phenolic OH excluding ortho intramolecular Hbond substituents is 2. The predicted molar refractivity (Wildman–Crippen MR) is 169 cm³/mol. The van der Waals surface area contributed by atoms with Gasteiger partial charge in [-0.3, -0.25) is 19.7 Å². The lowest BCUT2D eigenvalue weighted by Crippen LogP contribution is -2.58. The van der Waals surface area contributed by atoms with Gasteiger partial charge in [0.05, 0.1) is 29.4 Å². The van der Waals surface area contributed by atoms with E-state index in [0.29, 0.717) is 5.69 Å². The summed E-state index contributed by atoms with van der Waals surface area (Å²) in [4.78, 5) is 51.8. The Balaban J connectivity index is 1.37. The second-order valence-electron chi connectivity index (χ2n) is 12.6. The number of ketones is 2. The molecule has 6 rings (SSSR count). The third-order valence-corrected chi connectivity index (χ3v) is 9.18. The number of carbonyl (C=O) groups is 4. The van der Waals surface area contributed by atoms with E-state index in [1.807, 2.05) is 5.32 Å². The van der Waals surface area contributed by atoms with Gasteiger partial charge >= 0.3 is 18.2 Å². The highest BCUT2D eigenvalue weighted by atomic mass is 19.4. The van der Waals surface area contributed by atoms with Crippen molar-refractivity contribution in [2.24, 2.45) is 0 Å². The fraction of sp³-hybridized carbons (Fsp3) is 0.371. The molecule has 270 valence electrons. The summed E-state index contributed by atoms with van der Waals surface area (Å²) < 4.78 is 62.3. The third kappa shape index (κ3) is 6.87. The molecule has 13 nitrogen and oxygen atoms in total. The molecule has 0 spiro atoms. The summed E-state index contributed by atoms with van der Waals surface area (Å²) in [5.41, 5.74) is -3.06. The standard InChI is InChI=1S/C35H33F3N2O11/c1-16-31(48-2)21(40-32(45)35(36,37)38)12-23(50-16)51-22-14-34(47,15-49-33(46)39-17-8-4-3-5-9-17)13-20-24(22)30(44)26-25(29(20)43)27(41)18-10-6-7-11-19(18)28(26)42/h3-11,16,21-23,31,43-44,47H,12-15H2,1-2H3,(H,39,46)(H,40,45)/t16-,21-,22-,23-,31+,34-/m0/s1. The van der Waals surface area contributed by atoms with Crippen molar-refractivity contribution in [1.29, 1.82) is 0 Å². The average molecular weight is 715 g/mol. The Morgan fingerprint density at radius 2 is 1.59 bits per heavy atom. The van der Waals surface area contributed by atoms with E-state index < -0.39 is 114 Å². The van der Waals surface area contributed by atoms with Crippen LogP contribution >= 0.6 is 0 Å². The van der Waals surface area contributed by atoms with Crippen molar-refractivity contribution < 1.29 is 66.6 Å². The highest BCUT2D eigenvalue weighted by Crippen LogP contribution is 2.52. The number of halogens is 3. The van der Waals surface area contributed by atoms with Crippen LogP contribution in [0.4, 0.5) is 23.7 Å². The number of carbonyl (C=O) groups excluding carboxylic acids is 4. The normalized spacial score (nSPS) is 25.6. The molecule has 2 amide bonds. The highest BCUT2D eigenvalue weighted by molar-refractivity contribution is 6.30. The van der Waals surface area contributed by atoms with Crippen LogP contribution in [0.25, 0.3) is 0 Å². The average Bonchev–Trinajstić information content (AvgIpc) is 3.07. The maximum absolute atomic E-state index is 13.7.